The van der Waals surface area contributed by atoms with Crippen LogP contribution in [0.4, 0.5) is 17.6 Å². The summed E-state index contributed by atoms with van der Waals surface area (Å²) in [5, 5.41) is 19.9. The number of nitrogens with zero attached hydrogens (tertiary/aromatic N) is 2. The molecule has 156 valence electrons. The number of fused-ring (bicyclic) bond motifs is 2. The number of hydrogen-bond donors (Lipinski definition) is 1. The maximum Gasteiger partial charge on any atom is 0.278 e. The minimum Gasteiger partial charge on any atom is -0.382 e. The molecular formula is C20H14F4N2O3S. The van der Waals surface area contributed by atoms with Crippen molar-refractivity contribution >= 4 is 20.6 Å². The van der Waals surface area contributed by atoms with Crippen molar-refractivity contribution in [3.63, 3.8) is 0 Å². The largest absolute Gasteiger partial charge is 0.382 e. The first-order valence-electron chi connectivity index (χ1n) is 8.83. The second-order valence-corrected chi connectivity index (χ2v) is 8.91. The van der Waals surface area contributed by atoms with Gasteiger partial charge in [-0.3, -0.25) is 0 Å². The minimum atomic E-state index is -4.61. The summed E-state index contributed by atoms with van der Waals surface area (Å²) in [6, 6.07) is 6.81. The van der Waals surface area contributed by atoms with E-state index in [2.05, 4.69) is 0 Å². The molecule has 1 heterocycles. The molecule has 4 rings (SSSR count). The Balaban J connectivity index is 2.12. The van der Waals surface area contributed by atoms with Crippen molar-refractivity contribution in [1.29, 1.82) is 5.26 Å². The van der Waals surface area contributed by atoms with Crippen molar-refractivity contribution in [2.45, 2.75) is 29.8 Å². The van der Waals surface area contributed by atoms with Crippen molar-refractivity contribution in [3.8, 4) is 11.8 Å². The van der Waals surface area contributed by atoms with E-state index in [9.17, 15) is 36.3 Å². The summed E-state index contributed by atoms with van der Waals surface area (Å²) >= 11 is 0. The highest BCUT2D eigenvalue weighted by Gasteiger charge is 2.48. The lowest BCUT2D eigenvalue weighted by Crippen LogP contribution is -2.33. The number of halogens is 4. The monoisotopic (exact) mass is 438 g/mol. The van der Waals surface area contributed by atoms with E-state index in [4.69, 9.17) is 0 Å². The number of sulfone groups is 1. The summed E-state index contributed by atoms with van der Waals surface area (Å²) in [7, 11) is -4.61. The summed E-state index contributed by atoms with van der Waals surface area (Å²) in [4.78, 5) is -0.751. The Morgan fingerprint density at radius 3 is 2.67 bits per heavy atom. The molecule has 5 nitrogen and oxygen atoms in total. The lowest BCUT2D eigenvalue weighted by molar-refractivity contribution is -0.123. The van der Waals surface area contributed by atoms with Gasteiger partial charge in [0.2, 0.25) is 9.84 Å². The third kappa shape index (κ3) is 2.88. The van der Waals surface area contributed by atoms with Crippen LogP contribution in [0.15, 0.2) is 41.4 Å². The van der Waals surface area contributed by atoms with Gasteiger partial charge in [-0.15, -0.1) is 0 Å². The van der Waals surface area contributed by atoms with E-state index in [-0.39, 0.29) is 34.1 Å². The SMILES string of the molecule is N#Cc1cccc2c(F)ccc(-n3cc(S(=O)(=O)CF)c4c3CCC(F)(F)[C@H]4O)c12. The van der Waals surface area contributed by atoms with Gasteiger partial charge in [0, 0.05) is 34.6 Å². The van der Waals surface area contributed by atoms with Crippen molar-refractivity contribution < 1.29 is 31.1 Å². The van der Waals surface area contributed by atoms with E-state index in [0.29, 0.717) is 0 Å². The number of aliphatic hydroxyl groups is 1. The summed E-state index contributed by atoms with van der Waals surface area (Å²) in [6.45, 7) is 0. The molecule has 1 aliphatic rings. The van der Waals surface area contributed by atoms with E-state index in [1.54, 1.807) is 0 Å². The molecule has 0 spiro atoms. The first kappa shape index (κ1) is 20.4. The molecule has 1 aromatic heterocycles. The Labute approximate surface area is 168 Å². The van der Waals surface area contributed by atoms with Crippen LogP contribution in [-0.2, 0) is 16.3 Å². The van der Waals surface area contributed by atoms with Crippen LogP contribution in [0.5, 0.6) is 0 Å². The lowest BCUT2D eigenvalue weighted by atomic mass is 9.91. The molecule has 0 saturated heterocycles. The Morgan fingerprint density at radius 1 is 1.27 bits per heavy atom. The fourth-order valence-electron chi connectivity index (χ4n) is 3.89. The molecule has 0 fully saturated rings. The van der Waals surface area contributed by atoms with Gasteiger partial charge in [0.1, 0.15) is 11.9 Å². The number of benzene rings is 2. The van der Waals surface area contributed by atoms with Crippen molar-refractivity contribution in [1.82, 2.24) is 4.57 Å². The first-order chi connectivity index (χ1) is 14.1. The third-order valence-electron chi connectivity index (χ3n) is 5.31. The molecule has 3 aromatic rings. The van der Waals surface area contributed by atoms with Gasteiger partial charge < -0.3 is 9.67 Å². The number of hydrogen-bond acceptors (Lipinski definition) is 4. The Kier molecular flexibility index (Phi) is 4.63. The minimum absolute atomic E-state index is 0.0427. The van der Waals surface area contributed by atoms with Gasteiger partial charge in [0.25, 0.3) is 5.92 Å². The van der Waals surface area contributed by atoms with Gasteiger partial charge in [-0.25, -0.2) is 26.0 Å². The molecule has 0 saturated carbocycles. The zero-order valence-electron chi connectivity index (χ0n) is 15.2. The van der Waals surface area contributed by atoms with E-state index >= 15 is 0 Å². The Morgan fingerprint density at radius 2 is 2.00 bits per heavy atom. The highest BCUT2D eigenvalue weighted by molar-refractivity contribution is 7.91. The maximum absolute atomic E-state index is 14.3. The van der Waals surface area contributed by atoms with Gasteiger partial charge in [-0.2, -0.15) is 5.26 Å². The molecule has 10 heteroatoms. The van der Waals surface area contributed by atoms with E-state index in [1.807, 2.05) is 6.07 Å². The van der Waals surface area contributed by atoms with Crippen LogP contribution >= 0.6 is 0 Å². The Hall–Kier alpha value is -2.90. The van der Waals surface area contributed by atoms with Gasteiger partial charge in [0.15, 0.2) is 6.01 Å². The number of aliphatic hydroxyl groups excluding tert-OH is 1. The second-order valence-electron chi connectivity index (χ2n) is 7.02. The molecule has 1 aliphatic carbocycles. The van der Waals surface area contributed by atoms with Gasteiger partial charge in [-0.05, 0) is 24.6 Å². The molecule has 2 aromatic carbocycles. The third-order valence-corrected chi connectivity index (χ3v) is 6.59. The highest BCUT2D eigenvalue weighted by Crippen LogP contribution is 2.46. The van der Waals surface area contributed by atoms with Gasteiger partial charge >= 0.3 is 0 Å². The smallest absolute Gasteiger partial charge is 0.278 e. The summed E-state index contributed by atoms with van der Waals surface area (Å²) in [5.41, 5.74) is -0.282. The van der Waals surface area contributed by atoms with Crippen LogP contribution in [0.1, 0.15) is 29.3 Å². The van der Waals surface area contributed by atoms with Crippen LogP contribution in [0.3, 0.4) is 0 Å². The number of nitriles is 1. The standard InChI is InChI=1S/C20H14F4N2O3S/c21-10-30(28,29)16-9-26(15-6-7-20(23,24)19(27)18(15)16)14-5-4-13(22)12-3-1-2-11(8-25)17(12)14/h1-5,9,19,27H,6-7,10H2/t19-/m0/s1. The topological polar surface area (TPSA) is 83.1 Å². The molecule has 1 N–H and O–H groups in total. The summed E-state index contributed by atoms with van der Waals surface area (Å²) in [5.74, 6) is -4.22. The number of alkyl halides is 3. The number of aromatic nitrogens is 1. The fourth-order valence-corrected chi connectivity index (χ4v) is 4.83. The number of rotatable bonds is 3. The van der Waals surface area contributed by atoms with Crippen LogP contribution in [-0.4, -0.2) is 30.0 Å². The van der Waals surface area contributed by atoms with Crippen LogP contribution < -0.4 is 0 Å². The molecular weight excluding hydrogens is 424 g/mol. The molecule has 0 amide bonds. The quantitative estimate of drug-likeness (QED) is 0.628. The van der Waals surface area contributed by atoms with Crippen LogP contribution in [0.25, 0.3) is 16.5 Å². The van der Waals surface area contributed by atoms with Crippen molar-refractivity contribution in [3.05, 3.63) is 59.2 Å². The fraction of sp³-hybridized carbons (Fsp3) is 0.250. The first-order valence-corrected chi connectivity index (χ1v) is 10.5. The highest BCUT2D eigenvalue weighted by atomic mass is 32.2. The molecule has 0 unspecified atom stereocenters. The molecule has 0 radical (unpaired) electrons. The zero-order valence-corrected chi connectivity index (χ0v) is 16.1. The summed E-state index contributed by atoms with van der Waals surface area (Å²) < 4.78 is 81.6. The normalized spacial score (nSPS) is 18.2. The van der Waals surface area contributed by atoms with Crippen molar-refractivity contribution in [2.24, 2.45) is 0 Å². The molecule has 0 bridgehead atoms. The van der Waals surface area contributed by atoms with Crippen molar-refractivity contribution in [2.75, 3.05) is 6.01 Å². The zero-order chi connectivity index (χ0) is 21.8. The van der Waals surface area contributed by atoms with Crippen LogP contribution in [0.2, 0.25) is 0 Å². The average Bonchev–Trinajstić information content (AvgIpc) is 3.11. The van der Waals surface area contributed by atoms with E-state index < -0.39 is 50.6 Å². The maximum atomic E-state index is 14.3. The van der Waals surface area contributed by atoms with E-state index in [1.165, 1.54) is 28.8 Å². The molecule has 30 heavy (non-hydrogen) atoms. The van der Waals surface area contributed by atoms with Gasteiger partial charge in [-0.1, -0.05) is 12.1 Å². The predicted molar refractivity (Wildman–Crippen MR) is 99.3 cm³/mol. The lowest BCUT2D eigenvalue weighted by Gasteiger charge is -2.29. The average molecular weight is 438 g/mol. The molecule has 0 aliphatic heterocycles. The predicted octanol–water partition coefficient (Wildman–Crippen LogP) is 3.96. The molecule has 1 atom stereocenters. The second kappa shape index (κ2) is 6.82. The van der Waals surface area contributed by atoms with Crippen LogP contribution in [0, 0.1) is 17.1 Å². The van der Waals surface area contributed by atoms with E-state index in [0.717, 1.165) is 12.3 Å². The Bertz CT molecular complexity index is 1330. The van der Waals surface area contributed by atoms with Gasteiger partial charge in [0.05, 0.1) is 22.2 Å². The summed E-state index contributed by atoms with van der Waals surface area (Å²) in [6.07, 6.45) is -2.56.